The lowest BCUT2D eigenvalue weighted by molar-refractivity contribution is 0.627. The smallest absolute Gasteiger partial charge is 0.156 e. The molecule has 4 nitrogen and oxygen atoms in total. The lowest BCUT2D eigenvalue weighted by Crippen LogP contribution is -1.93. The summed E-state index contributed by atoms with van der Waals surface area (Å²) in [5.41, 5.74) is 3.35. The first-order valence-electron chi connectivity index (χ1n) is 9.20. The van der Waals surface area contributed by atoms with E-state index in [2.05, 4.69) is 4.99 Å². The van der Waals surface area contributed by atoms with Crippen molar-refractivity contribution in [3.8, 4) is 17.1 Å². The highest BCUT2D eigenvalue weighted by Crippen LogP contribution is 2.29. The predicted octanol–water partition coefficient (Wildman–Crippen LogP) is 6.18. The van der Waals surface area contributed by atoms with Crippen LogP contribution in [0, 0.1) is 5.82 Å². The first-order valence-corrected chi connectivity index (χ1v) is 9.20. The molecular formula is C24H16FN3O. The molecule has 0 spiro atoms. The van der Waals surface area contributed by atoms with Crippen LogP contribution in [0.25, 0.3) is 28.1 Å². The Kier molecular flexibility index (Phi) is 4.26. The van der Waals surface area contributed by atoms with Gasteiger partial charge in [0.15, 0.2) is 5.76 Å². The standard InChI is InChI=1S/C24H16FN3O/c25-20-11-5-6-12-21(20)26-15-18-16-28(19-9-2-1-3-10-19)27-24(18)23-14-17-8-4-7-13-22(17)29-23/h1-16H. The normalized spacial score (nSPS) is 11.5. The number of fused-ring (bicyclic) bond motifs is 1. The molecule has 2 aromatic heterocycles. The molecule has 0 amide bonds. The van der Waals surface area contributed by atoms with E-state index in [1.807, 2.05) is 66.9 Å². The van der Waals surface area contributed by atoms with E-state index in [-0.39, 0.29) is 11.5 Å². The van der Waals surface area contributed by atoms with Gasteiger partial charge < -0.3 is 4.42 Å². The Labute approximate surface area is 166 Å². The summed E-state index contributed by atoms with van der Waals surface area (Å²) >= 11 is 0. The first kappa shape index (κ1) is 17.1. The Bertz CT molecular complexity index is 1290. The largest absolute Gasteiger partial charge is 0.454 e. The maximum absolute atomic E-state index is 14.0. The molecule has 5 heteroatoms. The van der Waals surface area contributed by atoms with E-state index < -0.39 is 0 Å². The number of nitrogens with zero attached hydrogens (tertiary/aromatic N) is 3. The molecule has 0 aliphatic rings. The first-order chi connectivity index (χ1) is 14.3. The molecule has 5 aromatic rings. The van der Waals surface area contributed by atoms with Gasteiger partial charge in [-0.2, -0.15) is 5.10 Å². The number of aromatic nitrogens is 2. The van der Waals surface area contributed by atoms with Crippen molar-refractivity contribution >= 4 is 22.9 Å². The van der Waals surface area contributed by atoms with E-state index in [4.69, 9.17) is 9.52 Å². The third-order valence-corrected chi connectivity index (χ3v) is 4.62. The van der Waals surface area contributed by atoms with Crippen molar-refractivity contribution in [3.05, 3.63) is 103 Å². The lowest BCUT2D eigenvalue weighted by atomic mass is 10.2. The summed E-state index contributed by atoms with van der Waals surface area (Å²) in [6, 6.07) is 25.9. The lowest BCUT2D eigenvalue weighted by Gasteiger charge is -1.98. The molecule has 0 radical (unpaired) electrons. The molecule has 0 bridgehead atoms. The van der Waals surface area contributed by atoms with Crippen LogP contribution in [0.15, 0.2) is 101 Å². The number of hydrogen-bond donors (Lipinski definition) is 0. The average Bonchev–Trinajstić information content (AvgIpc) is 3.38. The number of para-hydroxylation sites is 3. The van der Waals surface area contributed by atoms with Crippen LogP contribution in [-0.2, 0) is 0 Å². The zero-order chi connectivity index (χ0) is 19.6. The minimum Gasteiger partial charge on any atom is -0.454 e. The summed E-state index contributed by atoms with van der Waals surface area (Å²) in [6.45, 7) is 0. The molecule has 5 rings (SSSR count). The molecule has 0 unspecified atom stereocenters. The van der Waals surface area contributed by atoms with Crippen LogP contribution in [0.5, 0.6) is 0 Å². The molecule has 3 aromatic carbocycles. The summed E-state index contributed by atoms with van der Waals surface area (Å²) < 4.78 is 21.7. The molecular weight excluding hydrogens is 365 g/mol. The highest BCUT2D eigenvalue weighted by Gasteiger charge is 2.15. The van der Waals surface area contributed by atoms with Crippen molar-refractivity contribution in [3.63, 3.8) is 0 Å². The molecule has 0 N–H and O–H groups in total. The van der Waals surface area contributed by atoms with Gasteiger partial charge in [-0.15, -0.1) is 0 Å². The molecule has 0 aliphatic carbocycles. The zero-order valence-corrected chi connectivity index (χ0v) is 15.4. The fraction of sp³-hybridized carbons (Fsp3) is 0. The van der Waals surface area contributed by atoms with Gasteiger partial charge in [0.05, 0.1) is 11.4 Å². The third-order valence-electron chi connectivity index (χ3n) is 4.62. The van der Waals surface area contributed by atoms with Crippen molar-refractivity contribution in [2.24, 2.45) is 4.99 Å². The average molecular weight is 381 g/mol. The summed E-state index contributed by atoms with van der Waals surface area (Å²) in [6.07, 6.45) is 3.48. The molecule has 29 heavy (non-hydrogen) atoms. The zero-order valence-electron chi connectivity index (χ0n) is 15.4. The maximum Gasteiger partial charge on any atom is 0.156 e. The monoisotopic (exact) mass is 381 g/mol. The molecule has 2 heterocycles. The quantitative estimate of drug-likeness (QED) is 0.349. The number of benzene rings is 3. The predicted molar refractivity (Wildman–Crippen MR) is 112 cm³/mol. The van der Waals surface area contributed by atoms with Gasteiger partial charge in [0.25, 0.3) is 0 Å². The van der Waals surface area contributed by atoms with Crippen LogP contribution in [0.4, 0.5) is 10.1 Å². The number of halogens is 1. The van der Waals surface area contributed by atoms with Crippen molar-refractivity contribution in [2.75, 3.05) is 0 Å². The van der Waals surface area contributed by atoms with Gasteiger partial charge in [0.2, 0.25) is 0 Å². The summed E-state index contributed by atoms with van der Waals surface area (Å²) in [7, 11) is 0. The minimum absolute atomic E-state index is 0.274. The third kappa shape index (κ3) is 3.34. The Balaban J connectivity index is 1.64. The minimum atomic E-state index is -0.371. The van der Waals surface area contributed by atoms with Crippen LogP contribution in [0.2, 0.25) is 0 Å². The highest BCUT2D eigenvalue weighted by molar-refractivity contribution is 5.91. The molecule has 0 aliphatic heterocycles. The van der Waals surface area contributed by atoms with Crippen LogP contribution < -0.4 is 0 Å². The Morgan fingerprint density at radius 3 is 2.48 bits per heavy atom. The van der Waals surface area contributed by atoms with Gasteiger partial charge in [-0.1, -0.05) is 48.5 Å². The highest BCUT2D eigenvalue weighted by atomic mass is 19.1. The SMILES string of the molecule is Fc1ccccc1N=Cc1cn(-c2ccccc2)nc1-c1cc2ccccc2o1. The van der Waals surface area contributed by atoms with E-state index >= 15 is 0 Å². The van der Waals surface area contributed by atoms with Crippen LogP contribution in [0.1, 0.15) is 5.56 Å². The number of rotatable bonds is 4. The van der Waals surface area contributed by atoms with E-state index in [0.29, 0.717) is 11.5 Å². The van der Waals surface area contributed by atoms with E-state index in [1.165, 1.54) is 6.07 Å². The Morgan fingerprint density at radius 1 is 0.897 bits per heavy atom. The van der Waals surface area contributed by atoms with Crippen molar-refractivity contribution in [1.29, 1.82) is 0 Å². The summed E-state index contributed by atoms with van der Waals surface area (Å²) in [4.78, 5) is 4.33. The van der Waals surface area contributed by atoms with Crippen molar-refractivity contribution in [1.82, 2.24) is 9.78 Å². The summed E-state index contributed by atoms with van der Waals surface area (Å²) in [5.74, 6) is 0.264. The molecule has 0 fully saturated rings. The second kappa shape index (κ2) is 7.20. The van der Waals surface area contributed by atoms with Crippen molar-refractivity contribution < 1.29 is 8.81 Å². The Hall–Kier alpha value is -3.99. The van der Waals surface area contributed by atoms with Gasteiger partial charge >= 0.3 is 0 Å². The number of hydrogen-bond acceptors (Lipinski definition) is 3. The van der Waals surface area contributed by atoms with Crippen LogP contribution in [0.3, 0.4) is 0 Å². The second-order valence-corrected chi connectivity index (χ2v) is 6.57. The van der Waals surface area contributed by atoms with Crippen LogP contribution >= 0.6 is 0 Å². The van der Waals surface area contributed by atoms with Crippen molar-refractivity contribution in [2.45, 2.75) is 0 Å². The van der Waals surface area contributed by atoms with Gasteiger partial charge in [0.1, 0.15) is 17.1 Å². The van der Waals surface area contributed by atoms with E-state index in [9.17, 15) is 4.39 Å². The molecule has 140 valence electrons. The van der Waals surface area contributed by atoms with Gasteiger partial charge in [0, 0.05) is 23.4 Å². The van der Waals surface area contributed by atoms with E-state index in [1.54, 1.807) is 29.1 Å². The number of furan rings is 1. The van der Waals surface area contributed by atoms with Crippen LogP contribution in [-0.4, -0.2) is 16.0 Å². The van der Waals surface area contributed by atoms with Gasteiger partial charge in [-0.05, 0) is 36.4 Å². The topological polar surface area (TPSA) is 43.3 Å². The Morgan fingerprint density at radius 2 is 1.66 bits per heavy atom. The molecule has 0 atom stereocenters. The number of aliphatic imine (C=N–C) groups is 1. The second-order valence-electron chi connectivity index (χ2n) is 6.57. The fourth-order valence-electron chi connectivity index (χ4n) is 3.18. The fourth-order valence-corrected chi connectivity index (χ4v) is 3.18. The van der Waals surface area contributed by atoms with E-state index in [0.717, 1.165) is 22.2 Å². The molecule has 0 saturated heterocycles. The maximum atomic E-state index is 14.0. The van der Waals surface area contributed by atoms with Gasteiger partial charge in [-0.25, -0.2) is 9.07 Å². The molecule has 0 saturated carbocycles. The van der Waals surface area contributed by atoms with Gasteiger partial charge in [-0.3, -0.25) is 4.99 Å². The summed E-state index contributed by atoms with van der Waals surface area (Å²) in [5, 5.41) is 5.71.